The highest BCUT2D eigenvalue weighted by Crippen LogP contribution is 2.78. The average Bonchev–Trinajstić information content (AvgIpc) is 2.76. The second-order valence-corrected chi connectivity index (χ2v) is 22.1. The number of benzene rings is 1. The van der Waals surface area contributed by atoms with E-state index in [4.69, 9.17) is 0 Å². The van der Waals surface area contributed by atoms with Crippen LogP contribution in [-0.4, -0.2) is 10.3 Å². The maximum absolute atomic E-state index is 2.59. The van der Waals surface area contributed by atoms with Crippen LogP contribution < -0.4 is 0 Å². The average molecular weight is 537 g/mol. The summed E-state index contributed by atoms with van der Waals surface area (Å²) in [6, 6.07) is 12.0. The first kappa shape index (κ1) is 26.0. The first-order valence-electron chi connectivity index (χ1n) is 15.9. The molecule has 8 fully saturated rings. The molecule has 9 rings (SSSR count). The van der Waals surface area contributed by atoms with Crippen molar-refractivity contribution in [2.24, 2.45) is 45.3 Å². The van der Waals surface area contributed by atoms with Crippen LogP contribution in [0.25, 0.3) is 0 Å². The third kappa shape index (κ3) is 4.18. The van der Waals surface area contributed by atoms with E-state index in [1.54, 1.807) is 82.6 Å². The maximum Gasteiger partial charge on any atom is 0.0196 e. The second-order valence-electron chi connectivity index (χ2n) is 17.7. The van der Waals surface area contributed by atoms with Gasteiger partial charge in [0.15, 0.2) is 0 Å². The minimum absolute atomic E-state index is 0.462. The monoisotopic (exact) mass is 536 g/mol. The topological polar surface area (TPSA) is 0 Å². The van der Waals surface area contributed by atoms with Gasteiger partial charge in [-0.25, -0.2) is 0 Å². The Morgan fingerprint density at radius 2 is 0.973 bits per heavy atom. The smallest absolute Gasteiger partial charge is 0.0196 e. The van der Waals surface area contributed by atoms with Crippen LogP contribution in [0.1, 0.15) is 130 Å². The molecule has 0 heterocycles. The Morgan fingerprint density at radius 1 is 0.595 bits per heavy atom. The van der Waals surface area contributed by atoms with Crippen molar-refractivity contribution in [3.8, 4) is 0 Å². The van der Waals surface area contributed by atoms with E-state index >= 15 is 0 Å². The molecule has 0 N–H and O–H groups in total. The SMILES string of the molecule is CC(C)(C)C12CC3CC(CC(PC(PC45CC6CC(C4)CC(C(C)(C)C)(C6)C5)c4ccccc4)(C3)C1)C2. The highest BCUT2D eigenvalue weighted by Gasteiger charge is 2.63. The lowest BCUT2D eigenvalue weighted by Gasteiger charge is -2.68. The Hall–Kier alpha value is 0.0800. The quantitative estimate of drug-likeness (QED) is 0.328. The van der Waals surface area contributed by atoms with Crippen molar-refractivity contribution in [3.05, 3.63) is 35.9 Å². The van der Waals surface area contributed by atoms with Gasteiger partial charge in [-0.1, -0.05) is 71.9 Å². The largest absolute Gasteiger partial charge is 0.104 e. The Morgan fingerprint density at radius 3 is 1.32 bits per heavy atom. The van der Waals surface area contributed by atoms with Crippen LogP contribution in [0.4, 0.5) is 0 Å². The van der Waals surface area contributed by atoms with Crippen LogP contribution in [0.2, 0.25) is 0 Å². The molecule has 204 valence electrons. The van der Waals surface area contributed by atoms with Crippen LogP contribution >= 0.6 is 17.2 Å². The fraction of sp³-hybridized carbons (Fsp3) is 0.829. The highest BCUT2D eigenvalue weighted by molar-refractivity contribution is 7.58. The van der Waals surface area contributed by atoms with E-state index in [-0.39, 0.29) is 0 Å². The van der Waals surface area contributed by atoms with Crippen molar-refractivity contribution in [2.75, 3.05) is 0 Å². The standard InChI is InChI=1S/C35H54P2/c1-30(2,3)32-14-24-12-25(15-32)19-34(18-24,22-32)36-29(28-10-8-7-9-11-28)37-35-20-26-13-27(21-35)17-33(16-26,23-35)31(4,5)6/h7-11,24-27,29,36-37H,12-23H2,1-6H3. The third-order valence-corrected chi connectivity index (χ3v) is 17.8. The van der Waals surface area contributed by atoms with Crippen LogP contribution in [0.5, 0.6) is 0 Å². The summed E-state index contributed by atoms with van der Waals surface area (Å²) in [6.45, 7) is 15.6. The summed E-state index contributed by atoms with van der Waals surface area (Å²) in [5.41, 5.74) is 3.87. The zero-order valence-corrected chi connectivity index (χ0v) is 26.8. The summed E-state index contributed by atoms with van der Waals surface area (Å²) in [5.74, 6) is 4.10. The second kappa shape index (κ2) is 8.31. The van der Waals surface area contributed by atoms with Crippen molar-refractivity contribution in [1.82, 2.24) is 0 Å². The number of hydrogen-bond donors (Lipinski definition) is 0. The lowest BCUT2D eigenvalue weighted by Crippen LogP contribution is -2.58. The zero-order chi connectivity index (χ0) is 25.9. The van der Waals surface area contributed by atoms with Gasteiger partial charge in [0.25, 0.3) is 0 Å². The molecule has 8 aliphatic carbocycles. The molecule has 0 radical (unpaired) electrons. The number of rotatable bonds is 5. The molecule has 8 saturated carbocycles. The first-order chi connectivity index (χ1) is 17.3. The van der Waals surface area contributed by atoms with Crippen molar-refractivity contribution < 1.29 is 0 Å². The van der Waals surface area contributed by atoms with Crippen molar-refractivity contribution in [2.45, 2.75) is 134 Å². The molecule has 37 heavy (non-hydrogen) atoms. The fourth-order valence-electron chi connectivity index (χ4n) is 12.1. The molecular formula is C35H54P2. The van der Waals surface area contributed by atoms with E-state index in [2.05, 4.69) is 71.9 Å². The van der Waals surface area contributed by atoms with Crippen LogP contribution in [0.3, 0.4) is 0 Å². The van der Waals surface area contributed by atoms with Crippen LogP contribution in [0, 0.1) is 45.3 Å². The molecule has 0 aromatic heterocycles. The number of hydrogen-bond acceptors (Lipinski definition) is 0. The summed E-state index contributed by atoms with van der Waals surface area (Å²) in [7, 11) is 2.31. The molecule has 0 nitrogen and oxygen atoms in total. The van der Waals surface area contributed by atoms with E-state index in [9.17, 15) is 0 Å². The van der Waals surface area contributed by atoms with E-state index < -0.39 is 0 Å². The molecule has 6 atom stereocenters. The minimum atomic E-state index is 0.462. The summed E-state index contributed by atoms with van der Waals surface area (Å²) in [6.07, 6.45) is 18.6. The van der Waals surface area contributed by atoms with Gasteiger partial charge in [0.2, 0.25) is 0 Å². The Bertz CT molecular complexity index is 934. The van der Waals surface area contributed by atoms with E-state index in [1.807, 2.05) is 0 Å². The van der Waals surface area contributed by atoms with Gasteiger partial charge < -0.3 is 0 Å². The Labute approximate surface area is 232 Å². The minimum Gasteiger partial charge on any atom is -0.104 e. The van der Waals surface area contributed by atoms with Crippen molar-refractivity contribution in [3.63, 3.8) is 0 Å². The molecule has 8 bridgehead atoms. The summed E-state index contributed by atoms with van der Waals surface area (Å²) < 4.78 is 0. The third-order valence-electron chi connectivity index (χ3n) is 13.3. The fourth-order valence-corrected chi connectivity index (χ4v) is 18.7. The van der Waals surface area contributed by atoms with Crippen LogP contribution in [0.15, 0.2) is 30.3 Å². The van der Waals surface area contributed by atoms with Gasteiger partial charge in [0, 0.05) is 5.40 Å². The summed E-state index contributed by atoms with van der Waals surface area (Å²) >= 11 is 0. The van der Waals surface area contributed by atoms with Gasteiger partial charge in [-0.05, 0) is 138 Å². The summed E-state index contributed by atoms with van der Waals surface area (Å²) in [4.78, 5) is 0. The van der Waals surface area contributed by atoms with Crippen LogP contribution in [-0.2, 0) is 0 Å². The van der Waals surface area contributed by atoms with Crippen molar-refractivity contribution >= 4 is 17.2 Å². The lowest BCUT2D eigenvalue weighted by atomic mass is 9.43. The Balaban J connectivity index is 1.22. The predicted molar refractivity (Wildman–Crippen MR) is 164 cm³/mol. The van der Waals surface area contributed by atoms with E-state index in [1.165, 1.54) is 0 Å². The van der Waals surface area contributed by atoms with Gasteiger partial charge in [-0.3, -0.25) is 0 Å². The molecule has 1 aromatic rings. The van der Waals surface area contributed by atoms with Gasteiger partial charge in [0.05, 0.1) is 0 Å². The normalized spacial score (nSPS) is 47.6. The molecule has 6 unspecified atom stereocenters. The van der Waals surface area contributed by atoms with Gasteiger partial charge >= 0.3 is 0 Å². The molecule has 8 aliphatic rings. The molecule has 1 aromatic carbocycles. The molecule has 0 aliphatic heterocycles. The lowest BCUT2D eigenvalue weighted by molar-refractivity contribution is -0.103. The van der Waals surface area contributed by atoms with Gasteiger partial charge in [-0.2, -0.15) is 0 Å². The predicted octanol–water partition coefficient (Wildman–Crippen LogP) is 10.8. The molecular weight excluding hydrogens is 482 g/mol. The highest BCUT2D eigenvalue weighted by atomic mass is 31.1. The molecule has 2 heteroatoms. The molecule has 0 spiro atoms. The van der Waals surface area contributed by atoms with E-state index in [0.717, 1.165) is 46.2 Å². The zero-order valence-electron chi connectivity index (χ0n) is 24.8. The molecule has 0 saturated heterocycles. The van der Waals surface area contributed by atoms with E-state index in [0.29, 0.717) is 32.0 Å². The van der Waals surface area contributed by atoms with Crippen molar-refractivity contribution in [1.29, 1.82) is 0 Å². The summed E-state index contributed by atoms with van der Waals surface area (Å²) in [5, 5.41) is 2.12. The molecule has 0 amide bonds. The van der Waals surface area contributed by atoms with Gasteiger partial charge in [0.1, 0.15) is 0 Å². The first-order valence-corrected chi connectivity index (χ1v) is 18.1. The van der Waals surface area contributed by atoms with Gasteiger partial charge in [-0.15, -0.1) is 17.2 Å². The Kier molecular flexibility index (Phi) is 5.84. The maximum atomic E-state index is 2.59.